The number of nitriles is 1. The van der Waals surface area contributed by atoms with Gasteiger partial charge in [-0.05, 0) is 31.5 Å². The smallest absolute Gasteiger partial charge is 0.248 e. The monoisotopic (exact) mass is 478 g/mol. The number of rotatable bonds is 3. The molecule has 178 valence electrons. The van der Waals surface area contributed by atoms with Gasteiger partial charge >= 0.3 is 0 Å². The molecule has 3 aliphatic rings. The Labute approximate surface area is 207 Å². The van der Waals surface area contributed by atoms with Gasteiger partial charge < -0.3 is 15.4 Å². The molecule has 3 aromatic rings. The van der Waals surface area contributed by atoms with Crippen molar-refractivity contribution in [2.75, 3.05) is 4.90 Å². The Bertz CT molecular complexity index is 1540. The van der Waals surface area contributed by atoms with Crippen LogP contribution in [0.1, 0.15) is 36.1 Å². The summed E-state index contributed by atoms with van der Waals surface area (Å²) in [5.74, 6) is -0.384. The van der Waals surface area contributed by atoms with Crippen LogP contribution >= 0.6 is 0 Å². The van der Waals surface area contributed by atoms with Crippen molar-refractivity contribution in [3.63, 3.8) is 0 Å². The molecule has 0 fully saturated rings. The summed E-state index contributed by atoms with van der Waals surface area (Å²) in [4.78, 5) is 29.2. The van der Waals surface area contributed by atoms with E-state index in [2.05, 4.69) is 16.4 Å². The molecular weight excluding hydrogens is 456 g/mol. The molecule has 1 aromatic heterocycles. The fraction of sp³-hybridized carbons (Fsp3) is 0.222. The predicted molar refractivity (Wildman–Crippen MR) is 129 cm³/mol. The van der Waals surface area contributed by atoms with Crippen molar-refractivity contribution in [1.82, 2.24) is 15.0 Å². The van der Waals surface area contributed by atoms with Crippen molar-refractivity contribution in [3.8, 4) is 11.8 Å². The molecule has 36 heavy (non-hydrogen) atoms. The Balaban J connectivity index is 1.47. The summed E-state index contributed by atoms with van der Waals surface area (Å²) in [6.07, 6.45) is 3.12. The van der Waals surface area contributed by atoms with E-state index in [1.807, 2.05) is 37.3 Å². The quantitative estimate of drug-likeness (QED) is 0.613. The van der Waals surface area contributed by atoms with Crippen molar-refractivity contribution in [2.24, 2.45) is 5.73 Å². The van der Waals surface area contributed by atoms with E-state index in [1.54, 1.807) is 34.0 Å². The zero-order valence-electron chi connectivity index (χ0n) is 19.6. The number of ether oxygens (including phenoxy) is 1. The molecule has 0 saturated heterocycles. The minimum Gasteiger partial charge on any atom is -0.444 e. The molecule has 3 heterocycles. The number of Topliss-reactive ketones (excluding diaryl/α,β-unsaturated/α-hetero) is 1. The van der Waals surface area contributed by atoms with Gasteiger partial charge in [-0.25, -0.2) is 4.68 Å². The van der Waals surface area contributed by atoms with E-state index in [-0.39, 0.29) is 35.8 Å². The number of hydrogen-bond acceptors (Lipinski definition) is 7. The van der Waals surface area contributed by atoms with Crippen molar-refractivity contribution < 1.29 is 14.3 Å². The molecule has 0 bridgehead atoms. The van der Waals surface area contributed by atoms with Gasteiger partial charge in [0.15, 0.2) is 5.78 Å². The minimum atomic E-state index is -1.63. The van der Waals surface area contributed by atoms with E-state index in [9.17, 15) is 14.9 Å². The number of carbonyl (C=O) groups excluding carboxylic acids is 2. The first-order chi connectivity index (χ1) is 17.4. The number of amides is 1. The molecule has 9 nitrogen and oxygen atoms in total. The molecule has 2 aliphatic heterocycles. The lowest BCUT2D eigenvalue weighted by Gasteiger charge is -2.37. The van der Waals surface area contributed by atoms with Gasteiger partial charge in [0.1, 0.15) is 28.5 Å². The van der Waals surface area contributed by atoms with Gasteiger partial charge in [0.05, 0.1) is 24.0 Å². The van der Waals surface area contributed by atoms with Crippen LogP contribution in [-0.2, 0) is 26.3 Å². The number of aryl methyl sites for hydroxylation is 1. The topological polar surface area (TPSA) is 127 Å². The Kier molecular flexibility index (Phi) is 4.79. The number of hydrogen-bond donors (Lipinski definition) is 1. The van der Waals surface area contributed by atoms with Gasteiger partial charge in [-0.15, -0.1) is 5.10 Å². The molecule has 0 saturated carbocycles. The number of nitrogens with zero attached hydrogens (tertiary/aromatic N) is 5. The Morgan fingerprint density at radius 3 is 2.69 bits per heavy atom. The highest BCUT2D eigenvalue weighted by Crippen LogP contribution is 2.55. The van der Waals surface area contributed by atoms with Crippen molar-refractivity contribution in [3.05, 3.63) is 94.3 Å². The molecule has 1 aliphatic carbocycles. The summed E-state index contributed by atoms with van der Waals surface area (Å²) in [5.41, 5.74) is 8.40. The number of para-hydroxylation sites is 1. The first kappa shape index (κ1) is 21.8. The zero-order chi connectivity index (χ0) is 25.0. The van der Waals surface area contributed by atoms with E-state index < -0.39 is 11.3 Å². The lowest BCUT2D eigenvalue weighted by molar-refractivity contribution is -0.124. The predicted octanol–water partition coefficient (Wildman–Crippen LogP) is 3.09. The maximum Gasteiger partial charge on any atom is 0.248 e. The third-order valence-corrected chi connectivity index (χ3v) is 7.03. The largest absolute Gasteiger partial charge is 0.444 e. The fourth-order valence-corrected chi connectivity index (χ4v) is 5.42. The number of allylic oxidation sites excluding steroid dienone is 1. The normalized spacial score (nSPS) is 20.9. The van der Waals surface area contributed by atoms with Crippen LogP contribution in [0.15, 0.2) is 77.5 Å². The van der Waals surface area contributed by atoms with Gasteiger partial charge in [-0.3, -0.25) is 9.59 Å². The second-order valence-electron chi connectivity index (χ2n) is 9.18. The van der Waals surface area contributed by atoms with Crippen LogP contribution in [0.3, 0.4) is 0 Å². The molecular formula is C27H22N6O3. The lowest BCUT2D eigenvalue weighted by Crippen LogP contribution is -2.48. The van der Waals surface area contributed by atoms with Crippen LogP contribution in [0.5, 0.6) is 0 Å². The SMILES string of the molecule is Cc1ccc(-n2cc(CN3C(=O)C4(C(C#N)=C(N)OC5=C4C(=O)CCC5)c4ccccc43)nn2)cc1. The second kappa shape index (κ2) is 7.92. The Hall–Kier alpha value is -4.71. The fourth-order valence-electron chi connectivity index (χ4n) is 5.42. The minimum absolute atomic E-state index is 0.0558. The number of benzene rings is 2. The number of carbonyl (C=O) groups is 2. The van der Waals surface area contributed by atoms with Crippen LogP contribution in [-0.4, -0.2) is 26.7 Å². The van der Waals surface area contributed by atoms with Crippen LogP contribution in [0.2, 0.25) is 0 Å². The van der Waals surface area contributed by atoms with Crippen molar-refractivity contribution in [1.29, 1.82) is 5.26 Å². The zero-order valence-corrected chi connectivity index (χ0v) is 19.6. The summed E-state index contributed by atoms with van der Waals surface area (Å²) in [6.45, 7) is 2.12. The highest BCUT2D eigenvalue weighted by Gasteiger charge is 2.62. The molecule has 1 atom stereocenters. The van der Waals surface area contributed by atoms with Crippen molar-refractivity contribution in [2.45, 2.75) is 38.1 Å². The Morgan fingerprint density at radius 2 is 1.92 bits per heavy atom. The van der Waals surface area contributed by atoms with Crippen molar-refractivity contribution >= 4 is 17.4 Å². The number of anilines is 1. The maximum absolute atomic E-state index is 14.4. The molecule has 1 unspecified atom stereocenters. The molecule has 2 N–H and O–H groups in total. The second-order valence-corrected chi connectivity index (χ2v) is 9.18. The highest BCUT2D eigenvalue weighted by molar-refractivity contribution is 6.19. The highest BCUT2D eigenvalue weighted by atomic mass is 16.5. The first-order valence-electron chi connectivity index (χ1n) is 11.7. The third-order valence-electron chi connectivity index (χ3n) is 7.03. The Morgan fingerprint density at radius 1 is 1.14 bits per heavy atom. The average Bonchev–Trinajstić information content (AvgIpc) is 3.43. The lowest BCUT2D eigenvalue weighted by atomic mass is 9.65. The third kappa shape index (κ3) is 2.94. The summed E-state index contributed by atoms with van der Waals surface area (Å²) in [7, 11) is 0. The first-order valence-corrected chi connectivity index (χ1v) is 11.7. The van der Waals surface area contributed by atoms with E-state index in [0.717, 1.165) is 11.3 Å². The summed E-state index contributed by atoms with van der Waals surface area (Å²) in [6, 6.07) is 17.1. The van der Waals surface area contributed by atoms with Crippen LogP contribution in [0, 0.1) is 18.3 Å². The van der Waals surface area contributed by atoms with Crippen LogP contribution in [0.25, 0.3) is 5.69 Å². The van der Waals surface area contributed by atoms with Gasteiger partial charge in [-0.1, -0.05) is 41.1 Å². The molecule has 0 radical (unpaired) electrons. The maximum atomic E-state index is 14.4. The number of aromatic nitrogens is 3. The summed E-state index contributed by atoms with van der Waals surface area (Å²) >= 11 is 0. The molecule has 6 rings (SSSR count). The van der Waals surface area contributed by atoms with Gasteiger partial charge in [-0.2, -0.15) is 5.26 Å². The molecule has 1 amide bonds. The molecule has 2 aromatic carbocycles. The average molecular weight is 479 g/mol. The summed E-state index contributed by atoms with van der Waals surface area (Å²) in [5, 5.41) is 18.6. The van der Waals surface area contributed by atoms with Crippen LogP contribution < -0.4 is 10.6 Å². The number of fused-ring (bicyclic) bond motifs is 3. The van der Waals surface area contributed by atoms with Gasteiger partial charge in [0.2, 0.25) is 11.8 Å². The van der Waals surface area contributed by atoms with Gasteiger partial charge in [0, 0.05) is 24.1 Å². The molecule has 1 spiro atoms. The number of ketones is 1. The van der Waals surface area contributed by atoms with E-state index in [0.29, 0.717) is 35.5 Å². The standard InChI is InChI=1S/C27H22N6O3/c1-16-9-11-18(12-10-16)33-15-17(30-31-33)14-32-21-6-3-2-5-19(21)27(26(32)35)20(13-28)25(29)36-23-8-4-7-22(34)24(23)27/h2-3,5-6,9-12,15H,4,7-8,14,29H2,1H3. The van der Waals surface area contributed by atoms with Crippen LogP contribution in [0.4, 0.5) is 5.69 Å². The van der Waals surface area contributed by atoms with E-state index >= 15 is 0 Å². The van der Waals surface area contributed by atoms with E-state index in [1.165, 1.54) is 0 Å². The number of nitrogens with two attached hydrogens (primary N) is 1. The van der Waals surface area contributed by atoms with E-state index in [4.69, 9.17) is 10.5 Å². The molecule has 9 heteroatoms. The van der Waals surface area contributed by atoms with Gasteiger partial charge in [0.25, 0.3) is 0 Å². The summed E-state index contributed by atoms with van der Waals surface area (Å²) < 4.78 is 7.37.